The van der Waals surface area contributed by atoms with Gasteiger partial charge in [0.2, 0.25) is 0 Å². The van der Waals surface area contributed by atoms with Crippen LogP contribution in [-0.2, 0) is 11.2 Å². The van der Waals surface area contributed by atoms with Gasteiger partial charge in [0.25, 0.3) is 0 Å². The van der Waals surface area contributed by atoms with Gasteiger partial charge in [0.15, 0.2) is 0 Å². The molecule has 0 radical (unpaired) electrons. The van der Waals surface area contributed by atoms with Crippen LogP contribution in [0.3, 0.4) is 0 Å². The van der Waals surface area contributed by atoms with E-state index in [0.717, 1.165) is 29.0 Å². The van der Waals surface area contributed by atoms with Crippen molar-refractivity contribution in [3.63, 3.8) is 0 Å². The molecule has 3 aromatic carbocycles. The summed E-state index contributed by atoms with van der Waals surface area (Å²) in [5, 5.41) is 3.73. The van der Waals surface area contributed by atoms with Gasteiger partial charge in [-0.25, -0.2) is 0 Å². The number of methoxy groups -OCH3 is 1. The molecule has 31 heavy (non-hydrogen) atoms. The number of anilines is 1. The van der Waals surface area contributed by atoms with E-state index in [1.165, 1.54) is 16.7 Å². The van der Waals surface area contributed by atoms with Gasteiger partial charge in [0, 0.05) is 16.7 Å². The van der Waals surface area contributed by atoms with Gasteiger partial charge in [-0.05, 0) is 44.4 Å². The molecule has 0 aromatic heterocycles. The summed E-state index contributed by atoms with van der Waals surface area (Å²) in [5.74, 6) is 0.874. The highest BCUT2D eigenvalue weighted by molar-refractivity contribution is 5.93. The van der Waals surface area contributed by atoms with E-state index in [9.17, 15) is 0 Å². The fourth-order valence-corrected chi connectivity index (χ4v) is 4.27. The van der Waals surface area contributed by atoms with E-state index >= 15 is 0 Å². The van der Waals surface area contributed by atoms with Crippen LogP contribution in [0.15, 0.2) is 78.9 Å². The Hall–Kier alpha value is -3.04. The first-order valence-corrected chi connectivity index (χ1v) is 10.9. The van der Waals surface area contributed by atoms with Gasteiger partial charge >= 0.3 is 0 Å². The predicted molar refractivity (Wildman–Crippen MR) is 130 cm³/mol. The van der Waals surface area contributed by atoms with Crippen molar-refractivity contribution in [2.75, 3.05) is 19.0 Å². The molecule has 1 N–H and O–H groups in total. The summed E-state index contributed by atoms with van der Waals surface area (Å²) in [4.78, 5) is 0. The molecule has 3 aromatic rings. The van der Waals surface area contributed by atoms with Crippen molar-refractivity contribution >= 4 is 11.3 Å². The number of ether oxygens (including phenoxy) is 2. The van der Waals surface area contributed by atoms with Crippen molar-refractivity contribution in [3.8, 4) is 16.9 Å². The zero-order valence-corrected chi connectivity index (χ0v) is 18.8. The second-order valence-corrected chi connectivity index (χ2v) is 8.62. The molecule has 0 aliphatic carbocycles. The second-order valence-electron chi connectivity index (χ2n) is 8.62. The fraction of sp³-hybridized carbons (Fsp3) is 0.286. The van der Waals surface area contributed by atoms with Gasteiger partial charge in [-0.2, -0.15) is 0 Å². The maximum absolute atomic E-state index is 6.31. The number of benzene rings is 3. The molecule has 4 rings (SSSR count). The molecule has 0 fully saturated rings. The van der Waals surface area contributed by atoms with E-state index in [1.807, 2.05) is 18.2 Å². The van der Waals surface area contributed by atoms with Gasteiger partial charge in [0.05, 0.1) is 31.0 Å². The number of hydrogen-bond acceptors (Lipinski definition) is 3. The van der Waals surface area contributed by atoms with E-state index < -0.39 is 0 Å². The van der Waals surface area contributed by atoms with Gasteiger partial charge in [-0.15, -0.1) is 0 Å². The molecule has 0 spiro atoms. The third-order valence-corrected chi connectivity index (χ3v) is 5.78. The Bertz CT molecular complexity index is 1070. The second kappa shape index (κ2) is 8.99. The standard InChI is InChI=1S/C28H31NO2/c1-20(31-18-17-21-11-6-5-7-12-21)25-19-28(2,3)29-27-23(14-10-15-24(25)27)22-13-8-9-16-26(22)30-4/h5-16,19-20,29H,17-18H2,1-4H3. The zero-order chi connectivity index (χ0) is 21.8. The minimum atomic E-state index is -0.183. The van der Waals surface area contributed by atoms with Crippen LogP contribution in [0.4, 0.5) is 5.69 Å². The molecular weight excluding hydrogens is 382 g/mol. The summed E-state index contributed by atoms with van der Waals surface area (Å²) in [5.41, 5.74) is 6.89. The Morgan fingerprint density at radius 3 is 2.29 bits per heavy atom. The summed E-state index contributed by atoms with van der Waals surface area (Å²) in [6.07, 6.45) is 3.21. The molecule has 0 bridgehead atoms. The highest BCUT2D eigenvalue weighted by Crippen LogP contribution is 2.44. The van der Waals surface area contributed by atoms with Crippen LogP contribution < -0.4 is 10.1 Å². The average molecular weight is 414 g/mol. The molecule has 160 valence electrons. The Morgan fingerprint density at radius 1 is 0.839 bits per heavy atom. The first-order chi connectivity index (χ1) is 15.0. The normalized spacial score (nSPS) is 15.4. The van der Waals surface area contributed by atoms with Crippen LogP contribution in [-0.4, -0.2) is 25.4 Å². The molecule has 0 amide bonds. The SMILES string of the molecule is COc1ccccc1-c1cccc2c1NC(C)(C)C=C2C(C)OCCc1ccccc1. The van der Waals surface area contributed by atoms with Crippen molar-refractivity contribution < 1.29 is 9.47 Å². The molecule has 1 aliphatic rings. The number of hydrogen-bond donors (Lipinski definition) is 1. The topological polar surface area (TPSA) is 30.5 Å². The van der Waals surface area contributed by atoms with Crippen LogP contribution in [0.5, 0.6) is 5.75 Å². The first kappa shape index (κ1) is 21.2. The van der Waals surface area contributed by atoms with E-state index in [0.29, 0.717) is 6.61 Å². The quantitative estimate of drug-likeness (QED) is 0.473. The Balaban J connectivity index is 1.64. The zero-order valence-electron chi connectivity index (χ0n) is 18.8. The summed E-state index contributed by atoms with van der Waals surface area (Å²) in [6.45, 7) is 7.24. The van der Waals surface area contributed by atoms with Gasteiger partial charge in [0.1, 0.15) is 5.75 Å². The Kier molecular flexibility index (Phi) is 6.15. The van der Waals surface area contributed by atoms with Crippen LogP contribution in [0, 0.1) is 0 Å². The van der Waals surface area contributed by atoms with Crippen LogP contribution >= 0.6 is 0 Å². The van der Waals surface area contributed by atoms with Crippen molar-refractivity contribution in [3.05, 3.63) is 90.0 Å². The third kappa shape index (κ3) is 4.67. The fourth-order valence-electron chi connectivity index (χ4n) is 4.27. The van der Waals surface area contributed by atoms with Gasteiger partial charge in [-0.3, -0.25) is 0 Å². The first-order valence-electron chi connectivity index (χ1n) is 10.9. The van der Waals surface area contributed by atoms with E-state index in [4.69, 9.17) is 9.47 Å². The van der Waals surface area contributed by atoms with Gasteiger partial charge < -0.3 is 14.8 Å². The lowest BCUT2D eigenvalue weighted by molar-refractivity contribution is 0.106. The lowest BCUT2D eigenvalue weighted by Crippen LogP contribution is -2.34. The lowest BCUT2D eigenvalue weighted by Gasteiger charge is -2.35. The molecule has 0 saturated heterocycles. The highest BCUT2D eigenvalue weighted by atomic mass is 16.5. The highest BCUT2D eigenvalue weighted by Gasteiger charge is 2.29. The van der Waals surface area contributed by atoms with Gasteiger partial charge in [-0.1, -0.05) is 72.8 Å². The lowest BCUT2D eigenvalue weighted by atomic mass is 9.85. The summed E-state index contributed by atoms with van der Waals surface area (Å²) in [7, 11) is 1.72. The molecule has 3 heteroatoms. The summed E-state index contributed by atoms with van der Waals surface area (Å²) in [6, 6.07) is 25.1. The van der Waals surface area contributed by atoms with Crippen LogP contribution in [0.1, 0.15) is 31.9 Å². The van der Waals surface area contributed by atoms with Crippen molar-refractivity contribution in [2.45, 2.75) is 38.8 Å². The van der Waals surface area contributed by atoms with Crippen molar-refractivity contribution in [2.24, 2.45) is 0 Å². The van der Waals surface area contributed by atoms with E-state index in [1.54, 1.807) is 7.11 Å². The number of para-hydroxylation sites is 2. The largest absolute Gasteiger partial charge is 0.496 e. The van der Waals surface area contributed by atoms with Crippen LogP contribution in [0.2, 0.25) is 0 Å². The Morgan fingerprint density at radius 2 is 1.52 bits per heavy atom. The molecular formula is C28H31NO2. The number of rotatable bonds is 7. The number of nitrogens with one attached hydrogen (secondary N) is 1. The summed E-state index contributed by atoms with van der Waals surface area (Å²) < 4.78 is 12.0. The maximum atomic E-state index is 6.31. The molecule has 1 aliphatic heterocycles. The van der Waals surface area contributed by atoms with E-state index in [-0.39, 0.29) is 11.6 Å². The average Bonchev–Trinajstić information content (AvgIpc) is 2.78. The molecule has 1 atom stereocenters. The monoisotopic (exact) mass is 413 g/mol. The molecule has 0 saturated carbocycles. The Labute approximate surface area is 185 Å². The predicted octanol–water partition coefficient (Wildman–Crippen LogP) is 6.60. The number of fused-ring (bicyclic) bond motifs is 1. The molecule has 3 nitrogen and oxygen atoms in total. The van der Waals surface area contributed by atoms with Crippen LogP contribution in [0.25, 0.3) is 16.7 Å². The minimum absolute atomic E-state index is 0.00300. The maximum Gasteiger partial charge on any atom is 0.126 e. The summed E-state index contributed by atoms with van der Waals surface area (Å²) >= 11 is 0. The smallest absolute Gasteiger partial charge is 0.126 e. The molecule has 1 heterocycles. The minimum Gasteiger partial charge on any atom is -0.496 e. The van der Waals surface area contributed by atoms with Crippen molar-refractivity contribution in [1.29, 1.82) is 0 Å². The molecule has 1 unspecified atom stereocenters. The van der Waals surface area contributed by atoms with E-state index in [2.05, 4.69) is 86.8 Å². The van der Waals surface area contributed by atoms with Crippen molar-refractivity contribution in [1.82, 2.24) is 0 Å². The third-order valence-electron chi connectivity index (χ3n) is 5.78.